The van der Waals surface area contributed by atoms with Crippen LogP contribution in [0.15, 0.2) is 36.6 Å². The molecule has 0 saturated heterocycles. The predicted molar refractivity (Wildman–Crippen MR) is 191 cm³/mol. The highest BCUT2D eigenvalue weighted by atomic mass is 16.5. The van der Waals surface area contributed by atoms with Crippen molar-refractivity contribution >= 4 is 63.4 Å². The molecule has 0 aliphatic carbocycles. The van der Waals surface area contributed by atoms with Crippen LogP contribution in [0.2, 0.25) is 0 Å². The van der Waals surface area contributed by atoms with Gasteiger partial charge in [-0.25, -0.2) is 9.59 Å². The van der Waals surface area contributed by atoms with Gasteiger partial charge in [0.15, 0.2) is 17.6 Å². The largest absolute Gasteiger partial charge is 0.506 e. The molecule has 0 saturated carbocycles. The number of esters is 2. The fourth-order valence-corrected chi connectivity index (χ4v) is 5.40. The quantitative estimate of drug-likeness (QED) is 0.125. The second kappa shape index (κ2) is 17.3. The summed E-state index contributed by atoms with van der Waals surface area (Å²) in [6.45, 7) is 10.0. The number of anilines is 2. The third kappa shape index (κ3) is 8.83. The van der Waals surface area contributed by atoms with E-state index >= 15 is 0 Å². The van der Waals surface area contributed by atoms with Gasteiger partial charge in [0.1, 0.15) is 16.9 Å². The number of ether oxygens (including phenoxy) is 2. The lowest BCUT2D eigenvalue weighted by Crippen LogP contribution is -2.23. The number of amides is 2. The number of rotatable bonds is 11. The molecule has 4 aromatic rings. The Labute approximate surface area is 298 Å². The van der Waals surface area contributed by atoms with Crippen molar-refractivity contribution < 1.29 is 52.5 Å². The normalized spacial score (nSPS) is 10.7. The first-order valence-corrected chi connectivity index (χ1v) is 16.3. The molecular formula is C37H42N2O13. The molecule has 0 fully saturated rings. The van der Waals surface area contributed by atoms with Crippen LogP contribution in [0.5, 0.6) is 11.5 Å². The van der Waals surface area contributed by atoms with Crippen molar-refractivity contribution in [3.63, 3.8) is 0 Å². The van der Waals surface area contributed by atoms with E-state index in [-0.39, 0.29) is 90.4 Å². The molecular weight excluding hydrogens is 680 g/mol. The minimum Gasteiger partial charge on any atom is -0.506 e. The molecule has 2 aromatic heterocycles. The molecule has 0 spiro atoms. The minimum atomic E-state index is -0.695. The summed E-state index contributed by atoms with van der Waals surface area (Å²) in [6, 6.07) is 4.39. The third-order valence-corrected chi connectivity index (χ3v) is 8.50. The number of benzene rings is 2. The topological polar surface area (TPSA) is 211 Å². The molecule has 0 aliphatic rings. The first kappa shape index (κ1) is 40.4. The number of phenolic OH excluding ortho intramolecular Hbond substituents is 2. The second-order valence-corrected chi connectivity index (χ2v) is 11.7. The Bertz CT molecular complexity index is 2160. The van der Waals surface area contributed by atoms with Crippen molar-refractivity contribution in [1.82, 2.24) is 0 Å². The molecule has 2 N–H and O–H groups in total. The number of aromatic hydroxyl groups is 2. The summed E-state index contributed by atoms with van der Waals surface area (Å²) >= 11 is 0. The van der Waals surface area contributed by atoms with Crippen molar-refractivity contribution in [1.29, 1.82) is 0 Å². The van der Waals surface area contributed by atoms with Crippen LogP contribution in [0.4, 0.5) is 11.4 Å². The van der Waals surface area contributed by atoms with Gasteiger partial charge in [0, 0.05) is 68.8 Å². The zero-order chi connectivity index (χ0) is 39.0. The van der Waals surface area contributed by atoms with Crippen LogP contribution in [0.1, 0.15) is 73.1 Å². The second-order valence-electron chi connectivity index (χ2n) is 11.7. The number of aldehydes is 1. The molecule has 0 atom stereocenters. The van der Waals surface area contributed by atoms with E-state index in [2.05, 4.69) is 0 Å². The maximum Gasteiger partial charge on any atom is 0.339 e. The molecule has 2 aromatic carbocycles. The molecule has 0 bridgehead atoms. The zero-order valence-corrected chi connectivity index (χ0v) is 30.3. The Kier molecular flexibility index (Phi) is 13.4. The van der Waals surface area contributed by atoms with E-state index in [0.29, 0.717) is 39.4 Å². The maximum absolute atomic E-state index is 12.4. The first-order valence-electron chi connectivity index (χ1n) is 16.3. The highest BCUT2D eigenvalue weighted by molar-refractivity contribution is 6.05. The number of phenols is 2. The number of aryl methyl sites for hydroxylation is 2. The Hall–Kier alpha value is -5.99. The SMILES string of the molecule is CCOC(=O)CCc1c(C)c2cc(N(C)C(C)=O)c(O)c(C=O)c2oc1=O.CCOC(=O)CCc1c(C)c2cc(N(C)C(C)=O)c(O)cc2oc1=O. The van der Waals surface area contributed by atoms with E-state index in [0.717, 1.165) is 0 Å². The molecule has 15 nitrogen and oxygen atoms in total. The number of nitrogens with zero attached hydrogens (tertiary/aromatic N) is 2. The minimum absolute atomic E-state index is 0.00374. The van der Waals surface area contributed by atoms with Gasteiger partial charge in [-0.3, -0.25) is 24.0 Å². The Balaban J connectivity index is 0.000000281. The molecule has 2 amide bonds. The summed E-state index contributed by atoms with van der Waals surface area (Å²) in [5.41, 5.74) is 0.927. The highest BCUT2D eigenvalue weighted by Gasteiger charge is 2.23. The standard InChI is InChI=1S/C19H21NO7.C18H21NO6/c1-5-26-16(23)7-6-12-10(2)13-8-15(20(4)11(3)22)17(24)14(9-21)18(13)27-19(12)25;1-5-24-17(22)7-6-12-10(2)13-8-14(19(4)11(3)20)15(21)9-16(13)25-18(12)23/h8-9,24H,5-7H2,1-4H3;8-9,21H,5-7H2,1-4H3. The van der Waals surface area contributed by atoms with Crippen molar-refractivity contribution in [2.24, 2.45) is 0 Å². The van der Waals surface area contributed by atoms with E-state index in [9.17, 15) is 43.8 Å². The van der Waals surface area contributed by atoms with Gasteiger partial charge in [0.2, 0.25) is 11.8 Å². The number of fused-ring (bicyclic) bond motifs is 2. The van der Waals surface area contributed by atoms with E-state index in [4.69, 9.17) is 18.3 Å². The van der Waals surface area contributed by atoms with Crippen LogP contribution < -0.4 is 21.1 Å². The molecule has 4 rings (SSSR count). The van der Waals surface area contributed by atoms with Gasteiger partial charge >= 0.3 is 23.2 Å². The van der Waals surface area contributed by atoms with E-state index in [1.807, 2.05) is 0 Å². The third-order valence-electron chi connectivity index (χ3n) is 8.50. The fourth-order valence-electron chi connectivity index (χ4n) is 5.40. The molecule has 0 aliphatic heterocycles. The van der Waals surface area contributed by atoms with Crippen LogP contribution in [0.3, 0.4) is 0 Å². The van der Waals surface area contributed by atoms with Gasteiger partial charge in [-0.2, -0.15) is 0 Å². The van der Waals surface area contributed by atoms with Gasteiger partial charge in [-0.1, -0.05) is 0 Å². The van der Waals surface area contributed by atoms with E-state index < -0.39 is 23.0 Å². The smallest absolute Gasteiger partial charge is 0.339 e. The van der Waals surface area contributed by atoms with Crippen molar-refractivity contribution in [3.05, 3.63) is 66.9 Å². The maximum atomic E-state index is 12.4. The fraction of sp³-hybridized carbons (Fsp3) is 0.378. The van der Waals surface area contributed by atoms with Gasteiger partial charge in [0.05, 0.1) is 24.6 Å². The summed E-state index contributed by atoms with van der Waals surface area (Å²) in [6.07, 6.45) is 0.753. The number of carbonyl (C=O) groups is 5. The molecule has 52 heavy (non-hydrogen) atoms. The number of hydrogen-bond acceptors (Lipinski definition) is 13. The highest BCUT2D eigenvalue weighted by Crippen LogP contribution is 2.37. The van der Waals surface area contributed by atoms with Gasteiger partial charge in [0.25, 0.3) is 0 Å². The van der Waals surface area contributed by atoms with Crippen LogP contribution in [0.25, 0.3) is 21.9 Å². The Morgan fingerprint density at radius 2 is 1.21 bits per heavy atom. The first-order chi connectivity index (χ1) is 24.5. The summed E-state index contributed by atoms with van der Waals surface area (Å²) < 4.78 is 20.3. The average molecular weight is 723 g/mol. The van der Waals surface area contributed by atoms with Crippen molar-refractivity contribution in [3.8, 4) is 11.5 Å². The average Bonchev–Trinajstić information content (AvgIpc) is 3.07. The summed E-state index contributed by atoms with van der Waals surface area (Å²) in [5.74, 6) is -2.02. The van der Waals surface area contributed by atoms with Crippen LogP contribution in [0, 0.1) is 13.8 Å². The zero-order valence-electron chi connectivity index (χ0n) is 30.3. The summed E-state index contributed by atoms with van der Waals surface area (Å²) in [4.78, 5) is 84.9. The summed E-state index contributed by atoms with van der Waals surface area (Å²) in [5, 5.41) is 21.4. The van der Waals surface area contributed by atoms with Gasteiger partial charge in [-0.15, -0.1) is 0 Å². The van der Waals surface area contributed by atoms with Gasteiger partial charge in [-0.05, 0) is 63.8 Å². The Morgan fingerprint density at radius 3 is 1.69 bits per heavy atom. The van der Waals surface area contributed by atoms with Crippen LogP contribution in [-0.2, 0) is 41.5 Å². The van der Waals surface area contributed by atoms with Crippen LogP contribution >= 0.6 is 0 Å². The molecule has 278 valence electrons. The molecule has 0 unspecified atom stereocenters. The molecule has 15 heteroatoms. The number of carbonyl (C=O) groups excluding carboxylic acids is 5. The monoisotopic (exact) mass is 722 g/mol. The van der Waals surface area contributed by atoms with Gasteiger partial charge < -0.3 is 38.3 Å². The summed E-state index contributed by atoms with van der Waals surface area (Å²) in [7, 11) is 2.99. The molecule has 2 heterocycles. The van der Waals surface area contributed by atoms with Crippen molar-refractivity contribution in [2.45, 2.75) is 67.2 Å². The lowest BCUT2D eigenvalue weighted by atomic mass is 9.99. The van der Waals surface area contributed by atoms with Crippen LogP contribution in [-0.4, -0.2) is 67.6 Å². The molecule has 0 radical (unpaired) electrons. The predicted octanol–water partition coefficient (Wildman–Crippen LogP) is 4.38. The van der Waals surface area contributed by atoms with E-state index in [1.165, 1.54) is 42.8 Å². The lowest BCUT2D eigenvalue weighted by Gasteiger charge is -2.19. The van der Waals surface area contributed by atoms with E-state index in [1.54, 1.807) is 40.8 Å². The lowest BCUT2D eigenvalue weighted by molar-refractivity contribution is -0.144. The Morgan fingerprint density at radius 1 is 0.750 bits per heavy atom. The number of hydrogen-bond donors (Lipinski definition) is 2. The van der Waals surface area contributed by atoms with Crippen molar-refractivity contribution in [2.75, 3.05) is 37.1 Å².